The van der Waals surface area contributed by atoms with E-state index in [0.29, 0.717) is 26.1 Å². The van der Waals surface area contributed by atoms with Gasteiger partial charge < -0.3 is 14.7 Å². The molecule has 2 aliphatic rings. The van der Waals surface area contributed by atoms with E-state index in [9.17, 15) is 9.59 Å². The summed E-state index contributed by atoms with van der Waals surface area (Å²) in [7, 11) is 0. The lowest BCUT2D eigenvalue weighted by molar-refractivity contribution is -0.132. The number of aromatic nitrogens is 1. The summed E-state index contributed by atoms with van der Waals surface area (Å²) < 4.78 is 0. The van der Waals surface area contributed by atoms with Gasteiger partial charge >= 0.3 is 0 Å². The standard InChI is InChI=1S/C24H24N4O2S/c29-23(27-13-11-26(12-14-27)22-9-3-4-10-25-22)16-20(21-8-5-15-31-21)28-17-18-6-1-2-7-19(18)24(28)30/h1-10,15,20H,11-14,16-17H2/t20-/m1/s1. The fraction of sp³-hybridized carbons (Fsp3) is 0.292. The summed E-state index contributed by atoms with van der Waals surface area (Å²) in [5.74, 6) is 1.07. The van der Waals surface area contributed by atoms with Crippen molar-refractivity contribution in [1.82, 2.24) is 14.8 Å². The summed E-state index contributed by atoms with van der Waals surface area (Å²) in [6.07, 6.45) is 2.10. The van der Waals surface area contributed by atoms with Crippen LogP contribution < -0.4 is 4.90 Å². The van der Waals surface area contributed by atoms with E-state index in [1.807, 2.05) is 69.8 Å². The van der Waals surface area contributed by atoms with Crippen LogP contribution in [0.5, 0.6) is 0 Å². The summed E-state index contributed by atoms with van der Waals surface area (Å²) in [6, 6.07) is 17.4. The minimum atomic E-state index is -0.235. The fourth-order valence-electron chi connectivity index (χ4n) is 4.39. The van der Waals surface area contributed by atoms with E-state index in [0.717, 1.165) is 34.9 Å². The van der Waals surface area contributed by atoms with Crippen molar-refractivity contribution in [2.45, 2.75) is 19.0 Å². The van der Waals surface area contributed by atoms with E-state index in [-0.39, 0.29) is 17.9 Å². The summed E-state index contributed by atoms with van der Waals surface area (Å²) in [4.78, 5) is 37.8. The Morgan fingerprint density at radius 1 is 1.00 bits per heavy atom. The quantitative estimate of drug-likeness (QED) is 0.618. The van der Waals surface area contributed by atoms with E-state index in [4.69, 9.17) is 0 Å². The van der Waals surface area contributed by atoms with Gasteiger partial charge in [-0.25, -0.2) is 4.98 Å². The van der Waals surface area contributed by atoms with Gasteiger partial charge in [0, 0.05) is 49.4 Å². The average molecular weight is 433 g/mol. The Morgan fingerprint density at radius 2 is 1.81 bits per heavy atom. The molecule has 3 aromatic rings. The Labute approximate surface area is 185 Å². The fourth-order valence-corrected chi connectivity index (χ4v) is 5.23. The van der Waals surface area contributed by atoms with Crippen LogP contribution in [-0.4, -0.2) is 52.8 Å². The molecule has 0 bridgehead atoms. The molecular weight excluding hydrogens is 408 g/mol. The number of hydrogen-bond acceptors (Lipinski definition) is 5. The largest absolute Gasteiger partial charge is 0.353 e. The molecule has 2 aliphatic heterocycles. The first kappa shape index (κ1) is 19.8. The van der Waals surface area contributed by atoms with Crippen molar-refractivity contribution in [1.29, 1.82) is 0 Å². The van der Waals surface area contributed by atoms with E-state index in [1.165, 1.54) is 0 Å². The number of pyridine rings is 1. The Morgan fingerprint density at radius 3 is 2.52 bits per heavy atom. The molecule has 1 saturated heterocycles. The highest BCUT2D eigenvalue weighted by Crippen LogP contribution is 2.35. The molecular formula is C24H24N4O2S. The molecule has 0 unspecified atom stereocenters. The molecule has 0 aliphatic carbocycles. The monoisotopic (exact) mass is 432 g/mol. The van der Waals surface area contributed by atoms with Gasteiger partial charge in [0.25, 0.3) is 5.91 Å². The predicted octanol–water partition coefficient (Wildman–Crippen LogP) is 3.58. The van der Waals surface area contributed by atoms with Crippen molar-refractivity contribution < 1.29 is 9.59 Å². The van der Waals surface area contributed by atoms with Crippen LogP contribution in [0.15, 0.2) is 66.2 Å². The van der Waals surface area contributed by atoms with Gasteiger partial charge in [-0.15, -0.1) is 11.3 Å². The highest BCUT2D eigenvalue weighted by atomic mass is 32.1. The maximum atomic E-state index is 13.2. The van der Waals surface area contributed by atoms with Crippen molar-refractivity contribution in [3.8, 4) is 0 Å². The van der Waals surface area contributed by atoms with Crippen LogP contribution in [-0.2, 0) is 11.3 Å². The molecule has 4 heterocycles. The minimum Gasteiger partial charge on any atom is -0.353 e. The summed E-state index contributed by atoms with van der Waals surface area (Å²) in [6.45, 7) is 3.42. The number of piperazine rings is 1. The van der Waals surface area contributed by atoms with Crippen LogP contribution in [0, 0.1) is 0 Å². The van der Waals surface area contributed by atoms with E-state index in [1.54, 1.807) is 17.5 Å². The topological polar surface area (TPSA) is 56.8 Å². The number of fused-ring (bicyclic) bond motifs is 1. The van der Waals surface area contributed by atoms with Crippen LogP contribution in [0.4, 0.5) is 5.82 Å². The molecule has 2 aromatic heterocycles. The van der Waals surface area contributed by atoms with Crippen molar-refractivity contribution in [3.05, 3.63) is 82.2 Å². The van der Waals surface area contributed by atoms with E-state index < -0.39 is 0 Å². The SMILES string of the molecule is O=C(C[C@H](c1cccs1)N1Cc2ccccc2C1=O)N1CCN(c2ccccn2)CC1. The second-order valence-electron chi connectivity index (χ2n) is 7.88. The Kier molecular flexibility index (Phi) is 5.42. The predicted molar refractivity (Wildman–Crippen MR) is 121 cm³/mol. The summed E-state index contributed by atoms with van der Waals surface area (Å²) in [5, 5.41) is 2.01. The number of benzene rings is 1. The molecule has 1 aromatic carbocycles. The van der Waals surface area contributed by atoms with Crippen molar-refractivity contribution in [2.75, 3.05) is 31.1 Å². The zero-order valence-electron chi connectivity index (χ0n) is 17.2. The zero-order valence-corrected chi connectivity index (χ0v) is 18.0. The van der Waals surface area contributed by atoms with E-state index >= 15 is 0 Å². The smallest absolute Gasteiger partial charge is 0.255 e. The molecule has 0 saturated carbocycles. The van der Waals surface area contributed by atoms with Gasteiger partial charge in [0.15, 0.2) is 0 Å². The maximum absolute atomic E-state index is 13.2. The van der Waals surface area contributed by atoms with Gasteiger partial charge in [-0.05, 0) is 35.2 Å². The van der Waals surface area contributed by atoms with Gasteiger partial charge in [-0.2, -0.15) is 0 Å². The molecule has 0 N–H and O–H groups in total. The third kappa shape index (κ3) is 3.93. The highest BCUT2D eigenvalue weighted by Gasteiger charge is 2.36. The van der Waals surface area contributed by atoms with Crippen molar-refractivity contribution in [2.24, 2.45) is 0 Å². The zero-order chi connectivity index (χ0) is 21.2. The third-order valence-corrected chi connectivity index (χ3v) is 7.04. The van der Waals surface area contributed by atoms with Crippen LogP contribution >= 0.6 is 11.3 Å². The first-order valence-electron chi connectivity index (χ1n) is 10.6. The van der Waals surface area contributed by atoms with Gasteiger partial charge in [0.2, 0.25) is 5.91 Å². The maximum Gasteiger partial charge on any atom is 0.255 e. The number of amides is 2. The summed E-state index contributed by atoms with van der Waals surface area (Å²) >= 11 is 1.60. The number of nitrogens with zero attached hydrogens (tertiary/aromatic N) is 4. The molecule has 158 valence electrons. The second-order valence-corrected chi connectivity index (χ2v) is 8.86. The number of rotatable bonds is 5. The van der Waals surface area contributed by atoms with Gasteiger partial charge in [0.05, 0.1) is 12.5 Å². The average Bonchev–Trinajstić information content (AvgIpc) is 3.47. The number of hydrogen-bond donors (Lipinski definition) is 0. The Hall–Kier alpha value is -3.19. The molecule has 2 amide bonds. The minimum absolute atomic E-state index is 0.0155. The molecule has 6 nitrogen and oxygen atoms in total. The van der Waals surface area contributed by atoms with Crippen LogP contribution in [0.1, 0.15) is 33.3 Å². The van der Waals surface area contributed by atoms with Crippen LogP contribution in [0.3, 0.4) is 0 Å². The highest BCUT2D eigenvalue weighted by molar-refractivity contribution is 7.10. The third-order valence-electron chi connectivity index (χ3n) is 6.07. The molecule has 0 spiro atoms. The van der Waals surface area contributed by atoms with Crippen molar-refractivity contribution >= 4 is 29.0 Å². The lowest BCUT2D eigenvalue weighted by atomic mass is 10.1. The normalized spacial score (nSPS) is 17.0. The van der Waals surface area contributed by atoms with E-state index in [2.05, 4.69) is 9.88 Å². The first-order chi connectivity index (χ1) is 15.2. The summed E-state index contributed by atoms with van der Waals surface area (Å²) in [5.41, 5.74) is 1.78. The second kappa shape index (κ2) is 8.51. The molecule has 7 heteroatoms. The molecule has 1 fully saturated rings. The van der Waals surface area contributed by atoms with Crippen molar-refractivity contribution in [3.63, 3.8) is 0 Å². The van der Waals surface area contributed by atoms with Crippen LogP contribution in [0.25, 0.3) is 0 Å². The molecule has 5 rings (SSSR count). The Balaban J connectivity index is 1.29. The first-order valence-corrected chi connectivity index (χ1v) is 11.4. The lowest BCUT2D eigenvalue weighted by Crippen LogP contribution is -2.49. The molecule has 0 radical (unpaired) electrons. The molecule has 1 atom stereocenters. The number of thiophene rings is 1. The van der Waals surface area contributed by atoms with Gasteiger partial charge in [0.1, 0.15) is 5.82 Å². The number of carbonyl (C=O) groups excluding carboxylic acids is 2. The van der Waals surface area contributed by atoms with Crippen LogP contribution in [0.2, 0.25) is 0 Å². The number of anilines is 1. The lowest BCUT2D eigenvalue weighted by Gasteiger charge is -2.36. The van der Waals surface area contributed by atoms with Gasteiger partial charge in [-0.1, -0.05) is 30.3 Å². The Bertz CT molecular complexity index is 1060. The molecule has 31 heavy (non-hydrogen) atoms. The number of carbonyl (C=O) groups is 2. The van der Waals surface area contributed by atoms with Gasteiger partial charge in [-0.3, -0.25) is 9.59 Å².